The highest BCUT2D eigenvalue weighted by atomic mass is 16.1. The quantitative estimate of drug-likeness (QED) is 0.699. The smallest absolute Gasteiger partial charge is 0.250 e. The molecule has 0 bridgehead atoms. The van der Waals surface area contributed by atoms with Crippen molar-refractivity contribution >= 4 is 23.5 Å². The molecule has 1 aliphatic heterocycles. The van der Waals surface area contributed by atoms with Crippen LogP contribution in [0.25, 0.3) is 5.70 Å². The summed E-state index contributed by atoms with van der Waals surface area (Å²) in [5.41, 5.74) is 3.14. The molecule has 0 aliphatic carbocycles. The SMILES string of the molecule is CC(C)CC(=O)Nc1nc2n(n1)[C@H](c1ccccc1)C=C(c1ccccc1)N2. The van der Waals surface area contributed by atoms with Crippen LogP contribution >= 0.6 is 0 Å². The van der Waals surface area contributed by atoms with Crippen LogP contribution in [-0.2, 0) is 4.79 Å². The van der Waals surface area contributed by atoms with Crippen molar-refractivity contribution in [3.05, 3.63) is 77.9 Å². The van der Waals surface area contributed by atoms with E-state index in [4.69, 9.17) is 0 Å². The van der Waals surface area contributed by atoms with Gasteiger partial charge in [0.05, 0.1) is 0 Å². The summed E-state index contributed by atoms with van der Waals surface area (Å²) < 4.78 is 1.81. The molecule has 3 aromatic rings. The number of carbonyl (C=O) groups is 1. The van der Waals surface area contributed by atoms with E-state index in [2.05, 4.69) is 51.1 Å². The number of nitrogens with one attached hydrogen (secondary N) is 2. The van der Waals surface area contributed by atoms with Crippen LogP contribution in [0.4, 0.5) is 11.9 Å². The van der Waals surface area contributed by atoms with Crippen molar-refractivity contribution in [1.82, 2.24) is 14.8 Å². The van der Waals surface area contributed by atoms with Crippen molar-refractivity contribution in [2.24, 2.45) is 5.92 Å². The maximum atomic E-state index is 12.1. The highest BCUT2D eigenvalue weighted by Crippen LogP contribution is 2.33. The van der Waals surface area contributed by atoms with Gasteiger partial charge in [0.15, 0.2) is 0 Å². The van der Waals surface area contributed by atoms with E-state index >= 15 is 0 Å². The Hall–Kier alpha value is -3.41. The fourth-order valence-electron chi connectivity index (χ4n) is 3.27. The minimum absolute atomic E-state index is 0.0783. The fraction of sp³-hybridized carbons (Fsp3) is 0.227. The van der Waals surface area contributed by atoms with Crippen LogP contribution in [0.5, 0.6) is 0 Å². The Balaban J connectivity index is 1.70. The molecule has 0 radical (unpaired) electrons. The predicted molar refractivity (Wildman–Crippen MR) is 111 cm³/mol. The van der Waals surface area contributed by atoms with E-state index in [1.165, 1.54) is 0 Å². The second-order valence-electron chi connectivity index (χ2n) is 7.28. The van der Waals surface area contributed by atoms with Gasteiger partial charge in [-0.1, -0.05) is 74.5 Å². The maximum absolute atomic E-state index is 12.1. The molecule has 2 N–H and O–H groups in total. The first-order valence-corrected chi connectivity index (χ1v) is 9.46. The number of hydrogen-bond acceptors (Lipinski definition) is 4. The Morgan fingerprint density at radius 2 is 1.79 bits per heavy atom. The first-order chi connectivity index (χ1) is 13.6. The second-order valence-corrected chi connectivity index (χ2v) is 7.28. The van der Waals surface area contributed by atoms with E-state index in [-0.39, 0.29) is 17.9 Å². The van der Waals surface area contributed by atoms with Crippen LogP contribution < -0.4 is 10.6 Å². The Morgan fingerprint density at radius 3 is 2.46 bits per heavy atom. The second kappa shape index (κ2) is 7.68. The molecule has 0 spiro atoms. The van der Waals surface area contributed by atoms with Gasteiger partial charge in [-0.05, 0) is 23.1 Å². The normalized spacial score (nSPS) is 15.5. The number of carbonyl (C=O) groups excluding carboxylic acids is 1. The van der Waals surface area contributed by atoms with Gasteiger partial charge in [0.1, 0.15) is 6.04 Å². The highest BCUT2D eigenvalue weighted by molar-refractivity contribution is 5.89. The van der Waals surface area contributed by atoms with E-state index in [1.807, 2.05) is 54.9 Å². The van der Waals surface area contributed by atoms with E-state index in [9.17, 15) is 4.79 Å². The molecule has 28 heavy (non-hydrogen) atoms. The molecule has 6 nitrogen and oxygen atoms in total. The van der Waals surface area contributed by atoms with Gasteiger partial charge in [0, 0.05) is 12.1 Å². The minimum Gasteiger partial charge on any atom is -0.324 e. The molecule has 1 amide bonds. The molecule has 0 saturated heterocycles. The van der Waals surface area contributed by atoms with E-state index < -0.39 is 0 Å². The fourth-order valence-corrected chi connectivity index (χ4v) is 3.27. The lowest BCUT2D eigenvalue weighted by Gasteiger charge is -2.24. The zero-order chi connectivity index (χ0) is 19.5. The number of nitrogens with zero attached hydrogens (tertiary/aromatic N) is 3. The summed E-state index contributed by atoms with van der Waals surface area (Å²) in [7, 11) is 0. The largest absolute Gasteiger partial charge is 0.324 e. The Labute approximate surface area is 164 Å². The van der Waals surface area contributed by atoms with Crippen LogP contribution in [0.15, 0.2) is 66.7 Å². The van der Waals surface area contributed by atoms with Crippen molar-refractivity contribution in [1.29, 1.82) is 0 Å². The summed E-state index contributed by atoms with van der Waals surface area (Å²) in [5, 5.41) is 10.7. The molecule has 142 valence electrons. The molecule has 0 fully saturated rings. The first-order valence-electron chi connectivity index (χ1n) is 9.46. The number of benzene rings is 2. The number of aromatic nitrogens is 3. The van der Waals surface area contributed by atoms with Crippen LogP contribution in [-0.4, -0.2) is 20.7 Å². The van der Waals surface area contributed by atoms with Crippen LogP contribution in [0, 0.1) is 5.92 Å². The van der Waals surface area contributed by atoms with E-state index in [0.717, 1.165) is 16.8 Å². The average Bonchev–Trinajstić information content (AvgIpc) is 3.10. The summed E-state index contributed by atoms with van der Waals surface area (Å²) in [6.07, 6.45) is 2.57. The average molecular weight is 373 g/mol. The highest BCUT2D eigenvalue weighted by Gasteiger charge is 2.25. The van der Waals surface area contributed by atoms with Crippen LogP contribution in [0.3, 0.4) is 0 Å². The van der Waals surface area contributed by atoms with Gasteiger partial charge >= 0.3 is 0 Å². The third kappa shape index (κ3) is 3.81. The zero-order valence-electron chi connectivity index (χ0n) is 16.0. The lowest BCUT2D eigenvalue weighted by Crippen LogP contribution is -2.20. The molecule has 0 saturated carbocycles. The van der Waals surface area contributed by atoms with Crippen molar-refractivity contribution in [2.75, 3.05) is 10.6 Å². The summed E-state index contributed by atoms with van der Waals surface area (Å²) >= 11 is 0. The van der Waals surface area contributed by atoms with Gasteiger partial charge in [0.2, 0.25) is 11.9 Å². The van der Waals surface area contributed by atoms with Crippen LogP contribution in [0.2, 0.25) is 0 Å². The van der Waals surface area contributed by atoms with Gasteiger partial charge in [-0.25, -0.2) is 4.68 Å². The lowest BCUT2D eigenvalue weighted by molar-refractivity contribution is -0.116. The third-order valence-corrected chi connectivity index (χ3v) is 4.54. The molecular formula is C22H23N5O. The number of hydrogen-bond donors (Lipinski definition) is 2. The third-order valence-electron chi connectivity index (χ3n) is 4.54. The summed E-state index contributed by atoms with van der Waals surface area (Å²) in [4.78, 5) is 16.7. The number of fused-ring (bicyclic) bond motifs is 1. The van der Waals surface area contributed by atoms with Crippen molar-refractivity contribution in [3.8, 4) is 0 Å². The maximum Gasteiger partial charge on any atom is 0.250 e. The van der Waals surface area contributed by atoms with Gasteiger partial charge in [-0.15, -0.1) is 5.10 Å². The van der Waals surface area contributed by atoms with Gasteiger partial charge in [-0.3, -0.25) is 10.1 Å². The van der Waals surface area contributed by atoms with Gasteiger partial charge < -0.3 is 5.32 Å². The number of rotatable bonds is 5. The molecule has 2 heterocycles. The van der Waals surface area contributed by atoms with Gasteiger partial charge in [0.25, 0.3) is 5.95 Å². The first kappa shape index (κ1) is 18.0. The Morgan fingerprint density at radius 1 is 1.11 bits per heavy atom. The van der Waals surface area contributed by atoms with E-state index in [1.54, 1.807) is 0 Å². The van der Waals surface area contributed by atoms with Gasteiger partial charge in [-0.2, -0.15) is 4.98 Å². The number of anilines is 2. The van der Waals surface area contributed by atoms with Crippen molar-refractivity contribution in [3.63, 3.8) is 0 Å². The Bertz CT molecular complexity index is 992. The van der Waals surface area contributed by atoms with Crippen molar-refractivity contribution in [2.45, 2.75) is 26.3 Å². The van der Waals surface area contributed by atoms with E-state index in [0.29, 0.717) is 18.3 Å². The summed E-state index contributed by atoms with van der Waals surface area (Å²) in [6.45, 7) is 4.02. The topological polar surface area (TPSA) is 71.8 Å². The molecule has 1 aromatic heterocycles. The zero-order valence-corrected chi connectivity index (χ0v) is 16.0. The lowest BCUT2D eigenvalue weighted by atomic mass is 10.0. The molecule has 1 atom stereocenters. The van der Waals surface area contributed by atoms with Crippen LogP contribution in [0.1, 0.15) is 37.4 Å². The molecule has 2 aromatic carbocycles. The number of amides is 1. The molecule has 1 aliphatic rings. The monoisotopic (exact) mass is 373 g/mol. The summed E-state index contributed by atoms with van der Waals surface area (Å²) in [5.74, 6) is 1.12. The Kier molecular flexibility index (Phi) is 4.93. The predicted octanol–water partition coefficient (Wildman–Crippen LogP) is 4.32. The summed E-state index contributed by atoms with van der Waals surface area (Å²) in [6, 6.07) is 20.1. The standard InChI is InChI=1S/C22H23N5O/c1-15(2)13-20(28)24-21-25-22-23-18(16-9-5-3-6-10-16)14-19(27(22)26-21)17-11-7-4-8-12-17/h3-12,14-15,19H,13H2,1-2H3,(H2,23,24,25,26,28)/t19-/m0/s1. The molecular weight excluding hydrogens is 350 g/mol. The molecule has 6 heteroatoms. The minimum atomic E-state index is -0.115. The number of allylic oxidation sites excluding steroid dienone is 1. The molecule has 4 rings (SSSR count). The van der Waals surface area contributed by atoms with Crippen molar-refractivity contribution < 1.29 is 4.79 Å². The molecule has 0 unspecified atom stereocenters.